The average molecular weight is 360 g/mol. The number of fused-ring (bicyclic) bond motifs is 1. The summed E-state index contributed by atoms with van der Waals surface area (Å²) in [6.07, 6.45) is 2.04. The number of hydrogen-bond donors (Lipinski definition) is 1. The van der Waals surface area contributed by atoms with Crippen LogP contribution in [0, 0.1) is 16.7 Å². The number of amides is 1. The molecule has 1 N–H and O–H groups in total. The lowest BCUT2D eigenvalue weighted by Crippen LogP contribution is -2.37. The Bertz CT molecular complexity index is 994. The minimum atomic E-state index is -0.677. The molecule has 0 unspecified atom stereocenters. The summed E-state index contributed by atoms with van der Waals surface area (Å²) in [5, 5.41) is 12.7. The second-order valence-corrected chi connectivity index (χ2v) is 7.44. The van der Waals surface area contributed by atoms with Crippen LogP contribution in [0.5, 0.6) is 0 Å². The van der Waals surface area contributed by atoms with Gasteiger partial charge in [-0.25, -0.2) is 4.98 Å². The third-order valence-electron chi connectivity index (χ3n) is 5.01. The Balaban J connectivity index is 1.81. The first-order chi connectivity index (χ1) is 12.6. The second kappa shape index (κ2) is 6.36. The Hall–Kier alpha value is -3.04. The highest BCUT2D eigenvalue weighted by molar-refractivity contribution is 7.09. The van der Waals surface area contributed by atoms with Crippen molar-refractivity contribution >= 4 is 22.6 Å². The number of carbonyl (C=O) groups is 1. The van der Waals surface area contributed by atoms with E-state index in [-0.39, 0.29) is 11.8 Å². The van der Waals surface area contributed by atoms with Crippen LogP contribution in [-0.2, 0) is 11.2 Å². The van der Waals surface area contributed by atoms with E-state index < -0.39 is 5.41 Å². The van der Waals surface area contributed by atoms with E-state index >= 15 is 0 Å². The van der Waals surface area contributed by atoms with Crippen LogP contribution in [0.1, 0.15) is 35.1 Å². The normalized spacial score (nSPS) is 21.0. The number of benzene rings is 2. The molecule has 26 heavy (non-hydrogen) atoms. The van der Waals surface area contributed by atoms with Gasteiger partial charge in [-0.15, -0.1) is 0 Å². The molecule has 1 aliphatic rings. The van der Waals surface area contributed by atoms with Crippen molar-refractivity contribution in [2.24, 2.45) is 5.41 Å². The fourth-order valence-corrected chi connectivity index (χ4v) is 4.23. The number of anilines is 1. The van der Waals surface area contributed by atoms with Crippen LogP contribution >= 0.6 is 11.5 Å². The van der Waals surface area contributed by atoms with Gasteiger partial charge in [0.2, 0.25) is 11.0 Å². The smallest absolute Gasteiger partial charge is 0.233 e. The molecule has 6 heteroatoms. The van der Waals surface area contributed by atoms with Crippen LogP contribution in [0.3, 0.4) is 0 Å². The van der Waals surface area contributed by atoms with E-state index in [1.807, 2.05) is 55.5 Å². The highest BCUT2D eigenvalue weighted by atomic mass is 32.1. The molecule has 0 radical (unpaired) electrons. The third kappa shape index (κ3) is 2.67. The molecule has 0 aliphatic heterocycles. The lowest BCUT2D eigenvalue weighted by molar-refractivity contribution is -0.125. The molecule has 2 atom stereocenters. The minimum absolute atomic E-state index is 0.0854. The Labute approximate surface area is 155 Å². The summed E-state index contributed by atoms with van der Waals surface area (Å²) in [5.74, 6) is -0.210. The van der Waals surface area contributed by atoms with Crippen molar-refractivity contribution in [1.29, 1.82) is 5.26 Å². The Morgan fingerprint density at radius 1 is 1.31 bits per heavy atom. The predicted molar refractivity (Wildman–Crippen MR) is 99.8 cm³/mol. The third-order valence-corrected chi connectivity index (χ3v) is 5.59. The Morgan fingerprint density at radius 2 is 2.12 bits per heavy atom. The lowest BCUT2D eigenvalue weighted by atomic mass is 9.73. The zero-order chi connectivity index (χ0) is 18.1. The molecule has 1 amide bonds. The Morgan fingerprint density at radius 3 is 2.81 bits per heavy atom. The number of nitrogens with one attached hydrogen (secondary N) is 1. The SMILES string of the molecule is C[C@@]1(C(=O)Nc2ncns2)Cc2ccc(C#N)cc2[C@@H]1c1ccccc1. The second-order valence-electron chi connectivity index (χ2n) is 6.66. The molecular weight excluding hydrogens is 344 g/mol. The largest absolute Gasteiger partial charge is 0.300 e. The van der Waals surface area contributed by atoms with Gasteiger partial charge in [0, 0.05) is 17.5 Å². The molecule has 2 aromatic carbocycles. The molecular formula is C20H16N4OS. The zero-order valence-electron chi connectivity index (χ0n) is 14.1. The van der Waals surface area contributed by atoms with Gasteiger partial charge in [-0.3, -0.25) is 4.79 Å². The van der Waals surface area contributed by atoms with Gasteiger partial charge in [0.25, 0.3) is 0 Å². The minimum Gasteiger partial charge on any atom is -0.300 e. The van der Waals surface area contributed by atoms with E-state index in [0.717, 1.165) is 28.2 Å². The van der Waals surface area contributed by atoms with Gasteiger partial charge in [-0.1, -0.05) is 36.4 Å². The fourth-order valence-electron chi connectivity index (χ4n) is 3.81. The first-order valence-corrected chi connectivity index (χ1v) is 9.05. The van der Waals surface area contributed by atoms with Crippen molar-refractivity contribution in [1.82, 2.24) is 9.36 Å². The summed E-state index contributed by atoms with van der Waals surface area (Å²) >= 11 is 1.16. The fraction of sp³-hybridized carbons (Fsp3) is 0.200. The maximum absolute atomic E-state index is 13.2. The zero-order valence-corrected chi connectivity index (χ0v) is 15.0. The van der Waals surface area contributed by atoms with Crippen LogP contribution in [0.15, 0.2) is 54.9 Å². The Kier molecular flexibility index (Phi) is 4.02. The molecule has 0 saturated carbocycles. The van der Waals surface area contributed by atoms with Gasteiger partial charge in [0.15, 0.2) is 0 Å². The molecule has 0 bridgehead atoms. The standard InChI is InChI=1S/C20H16N4OS/c1-20(18(25)24-19-22-12-23-26-19)10-15-8-7-13(11-21)9-16(15)17(20)14-5-3-2-4-6-14/h2-9,12,17H,10H2,1H3,(H,22,23,24,25)/t17-,20+/m0/s1. The molecule has 1 aliphatic carbocycles. The monoisotopic (exact) mass is 360 g/mol. The van der Waals surface area contributed by atoms with Gasteiger partial charge in [-0.2, -0.15) is 9.64 Å². The number of carbonyl (C=O) groups excluding carboxylic acids is 1. The summed E-state index contributed by atoms with van der Waals surface area (Å²) in [4.78, 5) is 17.3. The number of aromatic nitrogens is 2. The van der Waals surface area contributed by atoms with E-state index in [0.29, 0.717) is 17.1 Å². The number of hydrogen-bond acceptors (Lipinski definition) is 5. The average Bonchev–Trinajstić information content (AvgIpc) is 3.27. The van der Waals surface area contributed by atoms with E-state index in [9.17, 15) is 10.1 Å². The van der Waals surface area contributed by atoms with E-state index in [4.69, 9.17) is 0 Å². The summed E-state index contributed by atoms with van der Waals surface area (Å²) < 4.78 is 3.94. The van der Waals surface area contributed by atoms with Crippen molar-refractivity contribution in [3.05, 3.63) is 77.1 Å². The summed E-state index contributed by atoms with van der Waals surface area (Å²) in [5.41, 5.74) is 3.15. The molecule has 4 rings (SSSR count). The van der Waals surface area contributed by atoms with Crippen LogP contribution in [0.4, 0.5) is 5.13 Å². The molecule has 1 aromatic heterocycles. The van der Waals surface area contributed by atoms with Crippen molar-refractivity contribution in [2.75, 3.05) is 5.32 Å². The van der Waals surface area contributed by atoms with E-state index in [2.05, 4.69) is 20.7 Å². The van der Waals surface area contributed by atoms with Gasteiger partial charge >= 0.3 is 0 Å². The maximum Gasteiger partial charge on any atom is 0.233 e. The van der Waals surface area contributed by atoms with Crippen LogP contribution in [-0.4, -0.2) is 15.3 Å². The van der Waals surface area contributed by atoms with Crippen LogP contribution in [0.2, 0.25) is 0 Å². The first-order valence-electron chi connectivity index (χ1n) is 8.28. The van der Waals surface area contributed by atoms with Crippen LogP contribution < -0.4 is 5.32 Å². The van der Waals surface area contributed by atoms with E-state index in [1.165, 1.54) is 6.33 Å². The quantitative estimate of drug-likeness (QED) is 0.772. The maximum atomic E-state index is 13.2. The molecule has 5 nitrogen and oxygen atoms in total. The van der Waals surface area contributed by atoms with Gasteiger partial charge in [0.05, 0.1) is 17.0 Å². The van der Waals surface area contributed by atoms with Crippen molar-refractivity contribution in [3.63, 3.8) is 0 Å². The molecule has 3 aromatic rings. The van der Waals surface area contributed by atoms with Crippen LogP contribution in [0.25, 0.3) is 0 Å². The molecule has 0 saturated heterocycles. The topological polar surface area (TPSA) is 78.7 Å². The van der Waals surface area contributed by atoms with Gasteiger partial charge < -0.3 is 5.32 Å². The highest BCUT2D eigenvalue weighted by Crippen LogP contribution is 2.51. The van der Waals surface area contributed by atoms with Crippen molar-refractivity contribution in [3.8, 4) is 6.07 Å². The lowest BCUT2D eigenvalue weighted by Gasteiger charge is -2.30. The summed E-state index contributed by atoms with van der Waals surface area (Å²) in [6.45, 7) is 1.98. The van der Waals surface area contributed by atoms with Crippen molar-refractivity contribution < 1.29 is 4.79 Å². The molecule has 1 heterocycles. The van der Waals surface area contributed by atoms with E-state index in [1.54, 1.807) is 0 Å². The molecule has 0 spiro atoms. The van der Waals surface area contributed by atoms with Gasteiger partial charge in [0.1, 0.15) is 6.33 Å². The number of rotatable bonds is 3. The number of nitriles is 1. The molecule has 0 fully saturated rings. The van der Waals surface area contributed by atoms with Crippen molar-refractivity contribution in [2.45, 2.75) is 19.3 Å². The number of nitrogens with zero attached hydrogens (tertiary/aromatic N) is 3. The van der Waals surface area contributed by atoms with Gasteiger partial charge in [-0.05, 0) is 42.2 Å². The molecule has 128 valence electrons. The highest BCUT2D eigenvalue weighted by Gasteiger charge is 2.49. The summed E-state index contributed by atoms with van der Waals surface area (Å²) in [6, 6.07) is 17.9. The predicted octanol–water partition coefficient (Wildman–Crippen LogP) is 3.74. The summed E-state index contributed by atoms with van der Waals surface area (Å²) in [7, 11) is 0. The first kappa shape index (κ1) is 16.4.